The van der Waals surface area contributed by atoms with Gasteiger partial charge in [0.25, 0.3) is 0 Å². The molecule has 1 heterocycles. The fourth-order valence-electron chi connectivity index (χ4n) is 2.03. The van der Waals surface area contributed by atoms with Gasteiger partial charge < -0.3 is 15.2 Å². The molecule has 1 aliphatic carbocycles. The first kappa shape index (κ1) is 13.4. The number of ether oxygens (including phenoxy) is 1. The van der Waals surface area contributed by atoms with Gasteiger partial charge >= 0.3 is 12.1 Å². The molecule has 0 saturated heterocycles. The van der Waals surface area contributed by atoms with E-state index < -0.39 is 23.2 Å². The second kappa shape index (κ2) is 4.25. The normalized spacial score (nSPS) is 25.7. The average molecular weight is 267 g/mol. The molecular weight excluding hydrogens is 250 g/mol. The van der Waals surface area contributed by atoms with Gasteiger partial charge in [0.1, 0.15) is 11.1 Å². The lowest BCUT2D eigenvalue weighted by atomic mass is 10.1. The number of aromatic amines is 1. The Morgan fingerprint density at radius 3 is 2.74 bits per heavy atom. The second-order valence-electron chi connectivity index (χ2n) is 5.69. The molecule has 1 saturated carbocycles. The predicted octanol–water partition coefficient (Wildman–Crippen LogP) is 1.25. The largest absolute Gasteiger partial charge is 0.479 e. The van der Waals surface area contributed by atoms with E-state index in [9.17, 15) is 14.7 Å². The monoisotopic (exact) mass is 267 g/mol. The molecule has 1 fully saturated rings. The van der Waals surface area contributed by atoms with Crippen molar-refractivity contribution in [1.29, 1.82) is 0 Å². The minimum absolute atomic E-state index is 0.281. The fourth-order valence-corrected chi connectivity index (χ4v) is 2.03. The molecule has 7 heteroatoms. The van der Waals surface area contributed by atoms with E-state index in [4.69, 9.17) is 4.74 Å². The van der Waals surface area contributed by atoms with Gasteiger partial charge in [-0.2, -0.15) is 5.10 Å². The Morgan fingerprint density at radius 1 is 1.58 bits per heavy atom. The van der Waals surface area contributed by atoms with Crippen LogP contribution < -0.4 is 5.32 Å². The average Bonchev–Trinajstić information content (AvgIpc) is 2.72. The minimum Gasteiger partial charge on any atom is -0.479 e. The van der Waals surface area contributed by atoms with Crippen LogP contribution in [0.2, 0.25) is 0 Å². The number of rotatable bonds is 3. The molecule has 0 radical (unpaired) electrons. The highest BCUT2D eigenvalue weighted by atomic mass is 16.6. The molecule has 0 aliphatic heterocycles. The maximum Gasteiger partial charge on any atom is 0.408 e. The SMILES string of the molecule is CC(C)(C)OC(=O)N[C@]1(C(=O)O)C[C@H]1c1cn[nH]c1. The van der Waals surface area contributed by atoms with Crippen molar-refractivity contribution in [3.63, 3.8) is 0 Å². The Bertz CT molecular complexity index is 492. The van der Waals surface area contributed by atoms with Crippen LogP contribution in [0.3, 0.4) is 0 Å². The maximum absolute atomic E-state index is 11.7. The molecule has 1 amide bonds. The Morgan fingerprint density at radius 2 is 2.26 bits per heavy atom. The molecule has 104 valence electrons. The van der Waals surface area contributed by atoms with Crippen molar-refractivity contribution < 1.29 is 19.4 Å². The third kappa shape index (κ3) is 2.69. The molecule has 0 spiro atoms. The number of carbonyl (C=O) groups excluding carboxylic acids is 1. The summed E-state index contributed by atoms with van der Waals surface area (Å²) in [5, 5.41) is 18.2. The number of carboxylic acid groups (broad SMARTS) is 1. The number of aliphatic carboxylic acids is 1. The van der Waals surface area contributed by atoms with Gasteiger partial charge in [0, 0.05) is 12.1 Å². The van der Waals surface area contributed by atoms with Gasteiger partial charge in [-0.15, -0.1) is 0 Å². The van der Waals surface area contributed by atoms with E-state index >= 15 is 0 Å². The van der Waals surface area contributed by atoms with Crippen molar-refractivity contribution in [2.45, 2.75) is 44.2 Å². The number of hydrogen-bond acceptors (Lipinski definition) is 4. The fraction of sp³-hybridized carbons (Fsp3) is 0.583. The summed E-state index contributed by atoms with van der Waals surface area (Å²) in [5.74, 6) is -1.35. The zero-order valence-electron chi connectivity index (χ0n) is 11.1. The summed E-state index contributed by atoms with van der Waals surface area (Å²) < 4.78 is 5.09. The number of aromatic nitrogens is 2. The molecular formula is C12H17N3O4. The summed E-state index contributed by atoms with van der Waals surface area (Å²) in [7, 11) is 0. The van der Waals surface area contributed by atoms with Crippen LogP contribution in [-0.4, -0.2) is 38.5 Å². The number of amides is 1. The first-order valence-corrected chi connectivity index (χ1v) is 5.98. The number of nitrogens with one attached hydrogen (secondary N) is 2. The Labute approximate surface area is 110 Å². The lowest BCUT2D eigenvalue weighted by Crippen LogP contribution is -2.46. The van der Waals surface area contributed by atoms with E-state index in [1.165, 1.54) is 0 Å². The van der Waals surface area contributed by atoms with Gasteiger partial charge in [0.2, 0.25) is 0 Å². The van der Waals surface area contributed by atoms with Gasteiger partial charge in [-0.3, -0.25) is 5.10 Å². The minimum atomic E-state index is -1.29. The smallest absolute Gasteiger partial charge is 0.408 e. The van der Waals surface area contributed by atoms with Crippen LogP contribution in [0, 0.1) is 0 Å². The molecule has 2 rings (SSSR count). The van der Waals surface area contributed by atoms with Crippen LogP contribution in [0.4, 0.5) is 4.79 Å². The highest BCUT2D eigenvalue weighted by Gasteiger charge is 2.63. The van der Waals surface area contributed by atoms with Gasteiger partial charge in [0.15, 0.2) is 0 Å². The number of carboxylic acids is 1. The molecule has 0 bridgehead atoms. The summed E-state index contributed by atoms with van der Waals surface area (Å²) >= 11 is 0. The highest BCUT2D eigenvalue weighted by Crippen LogP contribution is 2.51. The summed E-state index contributed by atoms with van der Waals surface area (Å²) in [4.78, 5) is 23.1. The van der Waals surface area contributed by atoms with Crippen LogP contribution in [0.1, 0.15) is 38.7 Å². The van der Waals surface area contributed by atoms with Gasteiger partial charge in [0.05, 0.1) is 6.20 Å². The molecule has 1 aliphatic rings. The zero-order valence-corrected chi connectivity index (χ0v) is 11.1. The second-order valence-corrected chi connectivity index (χ2v) is 5.69. The molecule has 1 aromatic rings. The Kier molecular flexibility index (Phi) is 3.00. The summed E-state index contributed by atoms with van der Waals surface area (Å²) in [6.07, 6.45) is 2.81. The van der Waals surface area contributed by atoms with E-state index in [2.05, 4.69) is 15.5 Å². The van der Waals surface area contributed by atoms with E-state index in [1.54, 1.807) is 33.2 Å². The van der Waals surface area contributed by atoms with Crippen LogP contribution >= 0.6 is 0 Å². The van der Waals surface area contributed by atoms with E-state index in [0.717, 1.165) is 5.56 Å². The Balaban J connectivity index is 2.08. The Hall–Kier alpha value is -2.05. The standard InChI is InChI=1S/C12H17N3O4/c1-11(2,3)19-10(18)15-12(9(16)17)4-8(12)7-5-13-14-6-7/h5-6,8H,4H2,1-3H3,(H,13,14)(H,15,18)(H,16,17)/t8-,12+/m0/s1. The van der Waals surface area contributed by atoms with Crippen molar-refractivity contribution in [2.75, 3.05) is 0 Å². The number of hydrogen-bond donors (Lipinski definition) is 3. The third-order valence-electron chi connectivity index (χ3n) is 2.99. The first-order valence-electron chi connectivity index (χ1n) is 5.98. The molecule has 0 unspecified atom stereocenters. The van der Waals surface area contributed by atoms with Crippen molar-refractivity contribution in [1.82, 2.24) is 15.5 Å². The van der Waals surface area contributed by atoms with E-state index in [-0.39, 0.29) is 5.92 Å². The summed E-state index contributed by atoms with van der Waals surface area (Å²) in [5.41, 5.74) is -1.19. The quantitative estimate of drug-likeness (QED) is 0.764. The number of H-pyrrole nitrogens is 1. The van der Waals surface area contributed by atoms with E-state index in [0.29, 0.717) is 6.42 Å². The summed E-state index contributed by atoms with van der Waals surface area (Å²) in [6, 6.07) is 0. The molecule has 0 aromatic carbocycles. The topological polar surface area (TPSA) is 104 Å². The van der Waals surface area contributed by atoms with Crippen molar-refractivity contribution in [3.05, 3.63) is 18.0 Å². The molecule has 1 aromatic heterocycles. The van der Waals surface area contributed by atoms with Crippen LogP contribution in [0.15, 0.2) is 12.4 Å². The van der Waals surface area contributed by atoms with Crippen molar-refractivity contribution in [2.24, 2.45) is 0 Å². The molecule has 7 nitrogen and oxygen atoms in total. The van der Waals surface area contributed by atoms with Gasteiger partial charge in [-0.25, -0.2) is 9.59 Å². The summed E-state index contributed by atoms with van der Waals surface area (Å²) in [6.45, 7) is 5.17. The first-order chi connectivity index (χ1) is 8.74. The van der Waals surface area contributed by atoms with Gasteiger partial charge in [-0.05, 0) is 32.8 Å². The highest BCUT2D eigenvalue weighted by molar-refractivity contribution is 5.89. The molecule has 2 atom stereocenters. The van der Waals surface area contributed by atoms with Crippen LogP contribution in [-0.2, 0) is 9.53 Å². The number of carbonyl (C=O) groups is 2. The molecule has 19 heavy (non-hydrogen) atoms. The lowest BCUT2D eigenvalue weighted by Gasteiger charge is -2.22. The number of alkyl carbamates (subject to hydrolysis) is 1. The van der Waals surface area contributed by atoms with E-state index in [1.807, 2.05) is 0 Å². The van der Waals surface area contributed by atoms with Crippen molar-refractivity contribution >= 4 is 12.1 Å². The third-order valence-corrected chi connectivity index (χ3v) is 2.99. The van der Waals surface area contributed by atoms with Crippen LogP contribution in [0.5, 0.6) is 0 Å². The van der Waals surface area contributed by atoms with Gasteiger partial charge in [-0.1, -0.05) is 0 Å². The molecule has 3 N–H and O–H groups in total. The lowest BCUT2D eigenvalue weighted by molar-refractivity contribution is -0.140. The number of nitrogens with zero attached hydrogens (tertiary/aromatic N) is 1. The van der Waals surface area contributed by atoms with Crippen molar-refractivity contribution in [3.8, 4) is 0 Å². The predicted molar refractivity (Wildman–Crippen MR) is 65.7 cm³/mol. The van der Waals surface area contributed by atoms with Crippen LogP contribution in [0.25, 0.3) is 0 Å². The maximum atomic E-state index is 11.7. The zero-order chi connectivity index (χ0) is 14.3.